The zero-order valence-electron chi connectivity index (χ0n) is 11.7. The van der Waals surface area contributed by atoms with Crippen molar-refractivity contribution in [1.82, 2.24) is 4.90 Å². The predicted molar refractivity (Wildman–Crippen MR) is 75.0 cm³/mol. The third-order valence-corrected chi connectivity index (χ3v) is 5.41. The van der Waals surface area contributed by atoms with Gasteiger partial charge in [0.2, 0.25) is 0 Å². The summed E-state index contributed by atoms with van der Waals surface area (Å²) in [6.45, 7) is 2.56. The quantitative estimate of drug-likeness (QED) is 0.793. The van der Waals surface area contributed by atoms with Gasteiger partial charge in [-0.1, -0.05) is 0 Å². The summed E-state index contributed by atoms with van der Waals surface area (Å²) >= 11 is 0. The molecular weight excluding hydrogens is 300 g/mol. The van der Waals surface area contributed by atoms with Crippen LogP contribution in [0.3, 0.4) is 0 Å². The van der Waals surface area contributed by atoms with Crippen LogP contribution in [-0.2, 0) is 9.84 Å². The molecule has 0 aliphatic carbocycles. The van der Waals surface area contributed by atoms with E-state index in [0.29, 0.717) is 19.2 Å². The number of halogens is 2. The molecule has 1 heterocycles. The first-order chi connectivity index (χ1) is 9.77. The van der Waals surface area contributed by atoms with Gasteiger partial charge in [-0.15, -0.1) is 0 Å². The van der Waals surface area contributed by atoms with E-state index in [-0.39, 0.29) is 35.3 Å². The minimum Gasteiger partial charge on any atom is -0.298 e. The van der Waals surface area contributed by atoms with Crippen molar-refractivity contribution in [2.24, 2.45) is 0 Å². The Hall–Kier alpha value is -1.34. The molecule has 4 nitrogen and oxygen atoms in total. The van der Waals surface area contributed by atoms with Gasteiger partial charge in [-0.05, 0) is 19.1 Å². The van der Waals surface area contributed by atoms with Gasteiger partial charge in [0.05, 0.1) is 11.5 Å². The summed E-state index contributed by atoms with van der Waals surface area (Å²) in [4.78, 5) is 13.9. The second-order valence-electron chi connectivity index (χ2n) is 5.33. The van der Waals surface area contributed by atoms with Crippen molar-refractivity contribution in [3.8, 4) is 0 Å². The highest BCUT2D eigenvalue weighted by molar-refractivity contribution is 7.91. The molecule has 1 atom stereocenters. The Kier molecular flexibility index (Phi) is 4.73. The Labute approximate surface area is 122 Å². The largest absolute Gasteiger partial charge is 0.298 e. The molecule has 1 aliphatic heterocycles. The summed E-state index contributed by atoms with van der Waals surface area (Å²) in [5, 5.41) is 0. The molecule has 116 valence electrons. The summed E-state index contributed by atoms with van der Waals surface area (Å²) in [5.41, 5.74) is 0.00443. The number of hydrogen-bond acceptors (Lipinski definition) is 4. The average Bonchev–Trinajstić information content (AvgIpc) is 2.35. The van der Waals surface area contributed by atoms with Crippen molar-refractivity contribution >= 4 is 15.6 Å². The van der Waals surface area contributed by atoms with Crippen LogP contribution in [0.1, 0.15) is 23.7 Å². The van der Waals surface area contributed by atoms with Gasteiger partial charge in [0.15, 0.2) is 15.6 Å². The summed E-state index contributed by atoms with van der Waals surface area (Å²) in [7, 11) is -2.99. The number of hydrogen-bond donors (Lipinski definition) is 0. The average molecular weight is 317 g/mol. The highest BCUT2D eigenvalue weighted by Gasteiger charge is 2.28. The molecule has 1 fully saturated rings. The molecule has 0 radical (unpaired) electrons. The Bertz CT molecular complexity index is 625. The lowest BCUT2D eigenvalue weighted by atomic mass is 10.1. The highest BCUT2D eigenvalue weighted by atomic mass is 32.2. The molecule has 0 bridgehead atoms. The molecule has 1 aromatic rings. The van der Waals surface area contributed by atoms with Gasteiger partial charge >= 0.3 is 0 Å². The molecule has 2 rings (SSSR count). The van der Waals surface area contributed by atoms with Crippen molar-refractivity contribution in [2.45, 2.75) is 19.4 Å². The zero-order valence-corrected chi connectivity index (χ0v) is 12.5. The number of sulfone groups is 1. The van der Waals surface area contributed by atoms with E-state index in [9.17, 15) is 22.0 Å². The van der Waals surface area contributed by atoms with E-state index < -0.39 is 21.5 Å². The Balaban J connectivity index is 1.95. The van der Waals surface area contributed by atoms with E-state index in [0.717, 1.165) is 12.1 Å². The zero-order chi connectivity index (χ0) is 15.6. The van der Waals surface area contributed by atoms with Gasteiger partial charge in [-0.25, -0.2) is 17.2 Å². The van der Waals surface area contributed by atoms with Crippen LogP contribution in [-0.4, -0.2) is 49.7 Å². The summed E-state index contributed by atoms with van der Waals surface area (Å²) in [6, 6.07) is 2.58. The monoisotopic (exact) mass is 317 g/mol. The normalized spacial score (nSPS) is 22.1. The molecule has 1 unspecified atom stereocenters. The van der Waals surface area contributed by atoms with Gasteiger partial charge in [-0.2, -0.15) is 0 Å². The smallest absolute Gasteiger partial charge is 0.164 e. The molecule has 1 saturated heterocycles. The summed E-state index contributed by atoms with van der Waals surface area (Å²) in [6.07, 6.45) is 0.104. The van der Waals surface area contributed by atoms with Gasteiger partial charge in [0.25, 0.3) is 0 Å². The van der Waals surface area contributed by atoms with E-state index in [1.165, 1.54) is 0 Å². The second-order valence-corrected chi connectivity index (χ2v) is 7.56. The first-order valence-electron chi connectivity index (χ1n) is 6.70. The molecule has 0 amide bonds. The minimum atomic E-state index is -2.99. The number of carbonyl (C=O) groups excluding carboxylic acids is 1. The first kappa shape index (κ1) is 16.0. The lowest BCUT2D eigenvalue weighted by Gasteiger charge is -2.32. The van der Waals surface area contributed by atoms with Crippen molar-refractivity contribution in [3.63, 3.8) is 0 Å². The number of benzene rings is 1. The third kappa shape index (κ3) is 4.31. The summed E-state index contributed by atoms with van der Waals surface area (Å²) in [5.74, 6) is -1.75. The number of nitrogens with zero attached hydrogens (tertiary/aromatic N) is 1. The fourth-order valence-corrected chi connectivity index (χ4v) is 4.09. The van der Waals surface area contributed by atoms with Crippen LogP contribution >= 0.6 is 0 Å². The molecule has 0 aromatic heterocycles. The van der Waals surface area contributed by atoms with E-state index >= 15 is 0 Å². The van der Waals surface area contributed by atoms with Crippen LogP contribution < -0.4 is 0 Å². The highest BCUT2D eigenvalue weighted by Crippen LogP contribution is 2.14. The van der Waals surface area contributed by atoms with E-state index in [1.54, 1.807) is 6.92 Å². The van der Waals surface area contributed by atoms with E-state index in [1.807, 2.05) is 4.90 Å². The lowest BCUT2D eigenvalue weighted by Crippen LogP contribution is -2.47. The molecule has 0 saturated carbocycles. The Morgan fingerprint density at radius 3 is 2.48 bits per heavy atom. The molecule has 21 heavy (non-hydrogen) atoms. The van der Waals surface area contributed by atoms with Crippen LogP contribution in [0.15, 0.2) is 18.2 Å². The van der Waals surface area contributed by atoms with Gasteiger partial charge in [0, 0.05) is 37.2 Å². The number of rotatable bonds is 4. The van der Waals surface area contributed by atoms with Crippen LogP contribution in [0.4, 0.5) is 8.78 Å². The maximum Gasteiger partial charge on any atom is 0.164 e. The fraction of sp³-hybridized carbons (Fsp3) is 0.500. The van der Waals surface area contributed by atoms with Crippen LogP contribution in [0, 0.1) is 11.6 Å². The Morgan fingerprint density at radius 2 is 1.90 bits per heavy atom. The van der Waals surface area contributed by atoms with Crippen LogP contribution in [0.25, 0.3) is 0 Å². The number of carbonyl (C=O) groups is 1. The van der Waals surface area contributed by atoms with Gasteiger partial charge < -0.3 is 0 Å². The maximum absolute atomic E-state index is 13.1. The molecular formula is C14H17F2NO3S. The van der Waals surface area contributed by atoms with Crippen molar-refractivity contribution in [3.05, 3.63) is 35.4 Å². The molecule has 0 spiro atoms. The van der Waals surface area contributed by atoms with Gasteiger partial charge in [0.1, 0.15) is 11.6 Å². The van der Waals surface area contributed by atoms with Crippen molar-refractivity contribution < 1.29 is 22.0 Å². The molecule has 0 N–H and O–H groups in total. The fourth-order valence-electron chi connectivity index (χ4n) is 2.47. The van der Waals surface area contributed by atoms with E-state index in [2.05, 4.69) is 0 Å². The Morgan fingerprint density at radius 1 is 1.29 bits per heavy atom. The topological polar surface area (TPSA) is 54.5 Å². The first-order valence-corrected chi connectivity index (χ1v) is 8.53. The van der Waals surface area contributed by atoms with Crippen molar-refractivity contribution in [2.75, 3.05) is 24.6 Å². The maximum atomic E-state index is 13.1. The van der Waals surface area contributed by atoms with Gasteiger partial charge in [-0.3, -0.25) is 9.69 Å². The minimum absolute atomic E-state index is 0.00443. The van der Waals surface area contributed by atoms with E-state index in [4.69, 9.17) is 0 Å². The molecule has 1 aromatic carbocycles. The SMILES string of the molecule is CC1CS(=O)(=O)CCN1CCC(=O)c1cc(F)cc(F)c1. The standard InChI is InChI=1S/C14H17F2NO3S/c1-10-9-21(19,20)5-4-17(10)3-2-14(18)11-6-12(15)8-13(16)7-11/h6-8,10H,2-5,9H2,1H3. The number of Topliss-reactive ketones (excluding diaryl/α,β-unsaturated/α-hetero) is 1. The summed E-state index contributed by atoms with van der Waals surface area (Å²) < 4.78 is 49.1. The second kappa shape index (κ2) is 6.19. The van der Waals surface area contributed by atoms with Crippen LogP contribution in [0.2, 0.25) is 0 Å². The molecule has 1 aliphatic rings. The van der Waals surface area contributed by atoms with Crippen LogP contribution in [0.5, 0.6) is 0 Å². The molecule has 7 heteroatoms. The number of ketones is 1. The predicted octanol–water partition coefficient (Wildman–Crippen LogP) is 1.66. The third-order valence-electron chi connectivity index (χ3n) is 3.62. The van der Waals surface area contributed by atoms with Crippen molar-refractivity contribution in [1.29, 1.82) is 0 Å². The lowest BCUT2D eigenvalue weighted by molar-refractivity contribution is 0.0956.